The molecule has 0 spiro atoms. The second-order valence-electron chi connectivity index (χ2n) is 9.21. The van der Waals surface area contributed by atoms with Gasteiger partial charge in [-0.3, -0.25) is 9.97 Å². The molecule has 0 unspecified atom stereocenters. The van der Waals surface area contributed by atoms with E-state index in [0.717, 1.165) is 74.5 Å². The van der Waals surface area contributed by atoms with Gasteiger partial charge in [-0.1, -0.05) is 6.92 Å². The summed E-state index contributed by atoms with van der Waals surface area (Å²) in [6.07, 6.45) is 4.91. The van der Waals surface area contributed by atoms with Crippen molar-refractivity contribution in [1.29, 1.82) is 5.26 Å². The summed E-state index contributed by atoms with van der Waals surface area (Å²) in [6, 6.07) is 15.0. The normalized spacial score (nSPS) is 21.2. The third-order valence-corrected chi connectivity index (χ3v) is 6.73. The first-order chi connectivity index (χ1) is 16.2. The average molecular weight is 442 g/mol. The zero-order valence-electron chi connectivity index (χ0n) is 19.2. The Morgan fingerprint density at radius 2 is 1.97 bits per heavy atom. The Morgan fingerprint density at radius 3 is 2.76 bits per heavy atom. The Kier molecular flexibility index (Phi) is 6.38. The molecule has 5 rings (SSSR count). The van der Waals surface area contributed by atoms with Crippen LogP contribution in [0.4, 0.5) is 11.4 Å². The van der Waals surface area contributed by atoms with E-state index >= 15 is 0 Å². The average Bonchev–Trinajstić information content (AvgIpc) is 2.87. The van der Waals surface area contributed by atoms with Crippen LogP contribution in [0.1, 0.15) is 24.6 Å². The van der Waals surface area contributed by atoms with Gasteiger partial charge in [0.15, 0.2) is 0 Å². The molecule has 2 saturated heterocycles. The van der Waals surface area contributed by atoms with Crippen LogP contribution in [0.2, 0.25) is 0 Å². The SMILES string of the molecule is C[C@H]1C[C@@H](NCc2ccc(N3CCNCC3)cn2)CN(c2ccc(C#N)c3ncccc23)C1. The summed E-state index contributed by atoms with van der Waals surface area (Å²) in [7, 11) is 0. The van der Waals surface area contributed by atoms with Crippen molar-refractivity contribution in [3.63, 3.8) is 0 Å². The number of aromatic nitrogens is 2. The van der Waals surface area contributed by atoms with Crippen molar-refractivity contribution in [1.82, 2.24) is 20.6 Å². The number of pyridine rings is 2. The van der Waals surface area contributed by atoms with Gasteiger partial charge in [-0.2, -0.15) is 5.26 Å². The van der Waals surface area contributed by atoms with Crippen molar-refractivity contribution in [2.75, 3.05) is 49.1 Å². The molecule has 1 aromatic carbocycles. The standard InChI is InChI=1S/C26H31N7/c1-19-13-22(30-15-21-5-6-23(16-31-21)32-11-9-28-10-12-32)18-33(17-19)25-7-4-20(14-27)26-24(25)3-2-8-29-26/h2-8,16,19,22,28,30H,9-13,15,17-18H2,1H3/t19-,22+/m0/s1. The highest BCUT2D eigenvalue weighted by Crippen LogP contribution is 2.31. The zero-order valence-corrected chi connectivity index (χ0v) is 19.2. The van der Waals surface area contributed by atoms with E-state index in [0.29, 0.717) is 17.5 Å². The first-order valence-corrected chi connectivity index (χ1v) is 11.9. The topological polar surface area (TPSA) is 80.1 Å². The van der Waals surface area contributed by atoms with Crippen LogP contribution in [0.5, 0.6) is 0 Å². The zero-order chi connectivity index (χ0) is 22.6. The van der Waals surface area contributed by atoms with E-state index in [4.69, 9.17) is 4.98 Å². The minimum Gasteiger partial charge on any atom is -0.369 e. The number of fused-ring (bicyclic) bond motifs is 1. The number of anilines is 2. The summed E-state index contributed by atoms with van der Waals surface area (Å²) in [5, 5.41) is 17.7. The largest absolute Gasteiger partial charge is 0.369 e. The van der Waals surface area contributed by atoms with Gasteiger partial charge in [0, 0.05) is 69.1 Å². The fourth-order valence-electron chi connectivity index (χ4n) is 5.10. The molecule has 2 aromatic heterocycles. The van der Waals surface area contributed by atoms with Crippen LogP contribution in [-0.2, 0) is 6.54 Å². The van der Waals surface area contributed by atoms with Crippen molar-refractivity contribution in [3.8, 4) is 6.07 Å². The molecule has 2 fully saturated rings. The molecule has 2 atom stereocenters. The lowest BCUT2D eigenvalue weighted by Gasteiger charge is -2.39. The number of hydrogen-bond donors (Lipinski definition) is 2. The van der Waals surface area contributed by atoms with Gasteiger partial charge >= 0.3 is 0 Å². The Morgan fingerprint density at radius 1 is 1.09 bits per heavy atom. The number of rotatable bonds is 5. The number of nitrogens with zero attached hydrogens (tertiary/aromatic N) is 5. The molecule has 0 aliphatic carbocycles. The highest BCUT2D eigenvalue weighted by Gasteiger charge is 2.26. The number of nitriles is 1. The fourth-order valence-corrected chi connectivity index (χ4v) is 5.10. The molecule has 33 heavy (non-hydrogen) atoms. The molecular weight excluding hydrogens is 410 g/mol. The van der Waals surface area contributed by atoms with Gasteiger partial charge in [-0.25, -0.2) is 0 Å². The van der Waals surface area contributed by atoms with Crippen molar-refractivity contribution in [3.05, 3.63) is 60.0 Å². The Labute approximate surface area is 195 Å². The Balaban J connectivity index is 1.26. The monoisotopic (exact) mass is 441 g/mol. The number of benzene rings is 1. The van der Waals surface area contributed by atoms with Gasteiger partial charge in [0.25, 0.3) is 0 Å². The molecule has 4 heterocycles. The number of piperazine rings is 1. The summed E-state index contributed by atoms with van der Waals surface area (Å²) in [5.41, 5.74) is 4.86. The predicted molar refractivity (Wildman–Crippen MR) is 132 cm³/mol. The molecule has 7 nitrogen and oxygen atoms in total. The van der Waals surface area contributed by atoms with Crippen LogP contribution in [0.3, 0.4) is 0 Å². The number of nitrogens with one attached hydrogen (secondary N) is 2. The number of hydrogen-bond acceptors (Lipinski definition) is 7. The predicted octanol–water partition coefficient (Wildman–Crippen LogP) is 2.92. The van der Waals surface area contributed by atoms with Crippen LogP contribution in [-0.4, -0.2) is 55.3 Å². The van der Waals surface area contributed by atoms with Gasteiger partial charge < -0.3 is 20.4 Å². The van der Waals surface area contributed by atoms with Gasteiger partial charge in [0.1, 0.15) is 6.07 Å². The lowest BCUT2D eigenvalue weighted by Crippen LogP contribution is -2.48. The van der Waals surface area contributed by atoms with E-state index < -0.39 is 0 Å². The number of piperidine rings is 1. The van der Waals surface area contributed by atoms with E-state index in [1.165, 1.54) is 5.69 Å². The van der Waals surface area contributed by atoms with Gasteiger partial charge in [0.05, 0.1) is 28.7 Å². The molecule has 0 saturated carbocycles. The molecule has 2 N–H and O–H groups in total. The lowest BCUT2D eigenvalue weighted by atomic mass is 9.94. The summed E-state index contributed by atoms with van der Waals surface area (Å²) in [4.78, 5) is 14.0. The summed E-state index contributed by atoms with van der Waals surface area (Å²) >= 11 is 0. The van der Waals surface area contributed by atoms with Crippen molar-refractivity contribution >= 4 is 22.3 Å². The molecule has 2 aliphatic heterocycles. The van der Waals surface area contributed by atoms with Crippen LogP contribution in [0.15, 0.2) is 48.8 Å². The first-order valence-electron chi connectivity index (χ1n) is 11.9. The molecular formula is C26H31N7. The molecule has 0 bridgehead atoms. The van der Waals surface area contributed by atoms with Crippen molar-refractivity contribution in [2.45, 2.75) is 25.9 Å². The molecule has 7 heteroatoms. The summed E-state index contributed by atoms with van der Waals surface area (Å²) in [6.45, 7) is 9.15. The summed E-state index contributed by atoms with van der Waals surface area (Å²) in [5.74, 6) is 0.571. The maximum atomic E-state index is 9.47. The van der Waals surface area contributed by atoms with Crippen molar-refractivity contribution < 1.29 is 0 Å². The Bertz CT molecular complexity index is 1130. The van der Waals surface area contributed by atoms with E-state index in [2.05, 4.69) is 62.7 Å². The quantitative estimate of drug-likeness (QED) is 0.630. The van der Waals surface area contributed by atoms with E-state index in [1.807, 2.05) is 18.3 Å². The van der Waals surface area contributed by atoms with E-state index in [9.17, 15) is 5.26 Å². The first kappa shape index (κ1) is 21.6. The lowest BCUT2D eigenvalue weighted by molar-refractivity contribution is 0.349. The highest BCUT2D eigenvalue weighted by molar-refractivity contribution is 5.95. The summed E-state index contributed by atoms with van der Waals surface area (Å²) < 4.78 is 0. The third-order valence-electron chi connectivity index (χ3n) is 6.73. The van der Waals surface area contributed by atoms with E-state index in [1.54, 1.807) is 6.20 Å². The van der Waals surface area contributed by atoms with Gasteiger partial charge in [0.2, 0.25) is 0 Å². The molecule has 0 amide bonds. The Hall–Kier alpha value is -3.21. The third kappa shape index (κ3) is 4.77. The van der Waals surface area contributed by atoms with Crippen LogP contribution in [0.25, 0.3) is 10.9 Å². The van der Waals surface area contributed by atoms with Gasteiger partial charge in [-0.15, -0.1) is 0 Å². The molecule has 2 aliphatic rings. The van der Waals surface area contributed by atoms with Crippen LogP contribution in [0, 0.1) is 17.2 Å². The second-order valence-corrected chi connectivity index (χ2v) is 9.21. The second kappa shape index (κ2) is 9.74. The minimum atomic E-state index is 0.380. The molecule has 170 valence electrons. The van der Waals surface area contributed by atoms with E-state index in [-0.39, 0.29) is 0 Å². The maximum Gasteiger partial charge on any atom is 0.101 e. The smallest absolute Gasteiger partial charge is 0.101 e. The minimum absolute atomic E-state index is 0.380. The van der Waals surface area contributed by atoms with Crippen LogP contribution < -0.4 is 20.4 Å². The van der Waals surface area contributed by atoms with Crippen LogP contribution >= 0.6 is 0 Å². The maximum absolute atomic E-state index is 9.47. The highest BCUT2D eigenvalue weighted by atomic mass is 15.2. The fraction of sp³-hybridized carbons (Fsp3) is 0.423. The molecule has 3 aromatic rings. The molecule has 0 radical (unpaired) electrons. The van der Waals surface area contributed by atoms with Crippen molar-refractivity contribution in [2.24, 2.45) is 5.92 Å². The van der Waals surface area contributed by atoms with Gasteiger partial charge in [-0.05, 0) is 48.7 Å².